The van der Waals surface area contributed by atoms with E-state index in [0.717, 1.165) is 72.2 Å². The monoisotopic (exact) mass is 1450 g/mol. The first-order valence-corrected chi connectivity index (χ1v) is 39.0. The molecule has 6 heterocycles. The maximum atomic E-state index is 6.32. The van der Waals surface area contributed by atoms with Gasteiger partial charge in [-0.2, -0.15) is 0 Å². The van der Waals surface area contributed by atoms with Gasteiger partial charge < -0.3 is 27.1 Å². The molecule has 0 aliphatic carbocycles. The Labute approximate surface area is 656 Å². The first kappa shape index (κ1) is 64.7. The van der Waals surface area contributed by atoms with Crippen LogP contribution in [0.15, 0.2) is 421 Å². The van der Waals surface area contributed by atoms with E-state index in [4.69, 9.17) is 8.83 Å². The molecule has 0 spiro atoms. The van der Waals surface area contributed by atoms with Crippen molar-refractivity contribution >= 4 is 131 Å². The minimum atomic E-state index is 0.903. The van der Waals surface area contributed by atoms with Gasteiger partial charge in [0.25, 0.3) is 0 Å². The number of aromatic nitrogens is 4. The number of para-hydroxylation sites is 6. The Morgan fingerprint density at radius 1 is 0.140 bits per heavy atom. The zero-order chi connectivity index (χ0) is 74.9. The van der Waals surface area contributed by atoms with Crippen molar-refractivity contribution in [1.29, 1.82) is 0 Å². The van der Waals surface area contributed by atoms with Crippen LogP contribution in [0.1, 0.15) is 0 Å². The van der Waals surface area contributed by atoms with E-state index in [-0.39, 0.29) is 0 Å². The van der Waals surface area contributed by atoms with Gasteiger partial charge in [-0.15, -0.1) is 0 Å². The van der Waals surface area contributed by atoms with Crippen LogP contribution in [-0.4, -0.2) is 18.3 Å². The van der Waals surface area contributed by atoms with Crippen LogP contribution in [0.5, 0.6) is 0 Å². The molecule has 0 aliphatic rings. The van der Waals surface area contributed by atoms with Gasteiger partial charge in [-0.25, -0.2) is 0 Å². The van der Waals surface area contributed by atoms with Gasteiger partial charge in [-0.1, -0.05) is 249 Å². The van der Waals surface area contributed by atoms with Crippen LogP contribution in [0.3, 0.4) is 0 Å². The lowest BCUT2D eigenvalue weighted by Crippen LogP contribution is -1.94. The van der Waals surface area contributed by atoms with E-state index < -0.39 is 0 Å². The van der Waals surface area contributed by atoms with Crippen LogP contribution in [0, 0.1) is 0 Å². The number of furan rings is 2. The predicted octanol–water partition coefficient (Wildman–Crippen LogP) is 29.6. The Bertz CT molecular complexity index is 7970. The van der Waals surface area contributed by atoms with Crippen LogP contribution in [0.4, 0.5) is 0 Å². The SMILES string of the molecule is c1ccc(-c2cccc(-n3c4ccc(-c5ccc6c(c5)c5ccccc5n6-c5ccccc5)cc4c4cc(-c5cccc6oc7ccccc7c56)ccc43)c2)cc1.c1ccc(-c2cccc(-n3c4ccc(-c5ccc6oc7ccccc7c6c5)cc4c4cc(-c5ccc6c(c5)c5ccccc5n6-c5ccccc5)ccc43)c2)cc1. The van der Waals surface area contributed by atoms with Gasteiger partial charge in [0.05, 0.1) is 44.1 Å². The van der Waals surface area contributed by atoms with Gasteiger partial charge in [0.1, 0.15) is 22.3 Å². The molecule has 24 aromatic rings. The van der Waals surface area contributed by atoms with Crippen molar-refractivity contribution in [3.63, 3.8) is 0 Å². The fraction of sp³-hybridized carbons (Fsp3) is 0. The molecule has 0 saturated carbocycles. The molecule has 0 radical (unpaired) electrons. The van der Waals surface area contributed by atoms with Gasteiger partial charge in [0.15, 0.2) is 0 Å². The van der Waals surface area contributed by atoms with Crippen molar-refractivity contribution < 1.29 is 8.83 Å². The maximum Gasteiger partial charge on any atom is 0.136 e. The van der Waals surface area contributed by atoms with E-state index in [0.29, 0.717) is 0 Å². The summed E-state index contributed by atoms with van der Waals surface area (Å²) in [4.78, 5) is 0. The zero-order valence-corrected chi connectivity index (χ0v) is 61.9. The van der Waals surface area contributed by atoms with E-state index in [1.54, 1.807) is 0 Å². The first-order valence-electron chi connectivity index (χ1n) is 39.0. The van der Waals surface area contributed by atoms with Crippen LogP contribution in [0.2, 0.25) is 0 Å². The molecule has 6 aromatic heterocycles. The van der Waals surface area contributed by atoms with Crippen molar-refractivity contribution in [1.82, 2.24) is 18.3 Å². The Hall–Kier alpha value is -15.2. The largest absolute Gasteiger partial charge is 0.456 e. The number of rotatable bonds is 10. The average Bonchev–Trinajstić information content (AvgIpc) is 1.55. The van der Waals surface area contributed by atoms with Crippen LogP contribution in [-0.2, 0) is 0 Å². The average molecular weight is 1450 g/mol. The normalized spacial score (nSPS) is 11.9. The number of fused-ring (bicyclic) bond motifs is 18. The van der Waals surface area contributed by atoms with Gasteiger partial charge in [-0.3, -0.25) is 0 Å². The quantitative estimate of drug-likeness (QED) is 0.137. The van der Waals surface area contributed by atoms with E-state index in [9.17, 15) is 0 Å². The van der Waals surface area contributed by atoms with Crippen molar-refractivity contribution in [3.05, 3.63) is 413 Å². The molecule has 0 aliphatic heterocycles. The minimum absolute atomic E-state index is 0.903. The third kappa shape index (κ3) is 10.6. The molecule has 0 amide bonds. The topological polar surface area (TPSA) is 46.0 Å². The summed E-state index contributed by atoms with van der Waals surface area (Å²) in [6, 6.07) is 149. The summed E-state index contributed by atoms with van der Waals surface area (Å²) in [6.45, 7) is 0. The van der Waals surface area contributed by atoms with Crippen molar-refractivity contribution in [2.75, 3.05) is 0 Å². The van der Waals surface area contributed by atoms with Gasteiger partial charge in [0.2, 0.25) is 0 Å². The fourth-order valence-corrected chi connectivity index (χ4v) is 18.2. The molecular weight excluding hydrogens is 1390 g/mol. The molecule has 6 heteroatoms. The summed E-state index contributed by atoms with van der Waals surface area (Å²) in [5.41, 5.74) is 32.0. The standard InChI is InChI=1S/2C54H34N2O/c1-3-13-35(14-4-1)36-15-11-18-41(31-36)56-50-29-26-38(37-25-28-49-45(32-37)43-19-7-9-22-48(43)55(49)40-16-5-2-6-17-40)33-46(50)47-34-39(27-30-51(47)56)42-21-12-24-53-54(42)44-20-8-10-23-52(44)57-53;1-3-12-35(13-4-1)36-14-11-17-42(30-36)56-51-27-23-38(37-22-26-50-45(31-37)43-18-7-9-20-49(43)55(50)41-15-5-2-6-16-41)32-46(51)47-33-39(24-28-52(47)56)40-25-29-54-48(34-40)44-19-8-10-21-53(44)57-54/h2*1-34H. The van der Waals surface area contributed by atoms with E-state index in [1.165, 1.54) is 148 Å². The smallest absolute Gasteiger partial charge is 0.136 e. The molecule has 114 heavy (non-hydrogen) atoms. The Morgan fingerprint density at radius 2 is 0.412 bits per heavy atom. The number of hydrogen-bond acceptors (Lipinski definition) is 2. The predicted molar refractivity (Wildman–Crippen MR) is 477 cm³/mol. The summed E-state index contributed by atoms with van der Waals surface area (Å²) < 4.78 is 22.1. The lowest BCUT2D eigenvalue weighted by atomic mass is 9.97. The summed E-state index contributed by atoms with van der Waals surface area (Å²) in [5, 5.41) is 14.4. The Kier molecular flexibility index (Phi) is 14.9. The lowest BCUT2D eigenvalue weighted by molar-refractivity contribution is 0.668. The van der Waals surface area contributed by atoms with E-state index in [2.05, 4.69) is 413 Å². The molecule has 0 saturated heterocycles. The highest BCUT2D eigenvalue weighted by atomic mass is 16.3. The van der Waals surface area contributed by atoms with Crippen LogP contribution >= 0.6 is 0 Å². The molecule has 0 unspecified atom stereocenters. The van der Waals surface area contributed by atoms with Crippen LogP contribution < -0.4 is 0 Å². The van der Waals surface area contributed by atoms with Gasteiger partial charge in [-0.05, 0) is 231 Å². The maximum absolute atomic E-state index is 6.32. The van der Waals surface area contributed by atoms with Gasteiger partial charge >= 0.3 is 0 Å². The molecule has 0 bridgehead atoms. The highest BCUT2D eigenvalue weighted by Crippen LogP contribution is 2.46. The number of nitrogens with zero attached hydrogens (tertiary/aromatic N) is 4. The summed E-state index contributed by atoms with van der Waals surface area (Å²) in [5.74, 6) is 0. The minimum Gasteiger partial charge on any atom is -0.456 e. The highest BCUT2D eigenvalue weighted by molar-refractivity contribution is 6.18. The van der Waals surface area contributed by atoms with Crippen molar-refractivity contribution in [3.8, 4) is 89.5 Å². The van der Waals surface area contributed by atoms with Crippen molar-refractivity contribution in [2.45, 2.75) is 0 Å². The molecule has 24 rings (SSSR count). The first-order chi connectivity index (χ1) is 56.5. The Morgan fingerprint density at radius 3 is 0.868 bits per heavy atom. The van der Waals surface area contributed by atoms with Gasteiger partial charge in [0, 0.05) is 87.4 Å². The molecular formula is C108H68N4O2. The lowest BCUT2D eigenvalue weighted by Gasteiger charge is -2.11. The summed E-state index contributed by atoms with van der Waals surface area (Å²) in [6.07, 6.45) is 0. The van der Waals surface area contributed by atoms with Crippen LogP contribution in [0.25, 0.3) is 221 Å². The molecule has 18 aromatic carbocycles. The fourth-order valence-electron chi connectivity index (χ4n) is 18.2. The molecule has 532 valence electrons. The second-order valence-corrected chi connectivity index (χ2v) is 29.9. The number of benzene rings is 18. The molecule has 0 fully saturated rings. The zero-order valence-electron chi connectivity index (χ0n) is 61.9. The second kappa shape index (κ2) is 26.2. The summed E-state index contributed by atoms with van der Waals surface area (Å²) >= 11 is 0. The number of hydrogen-bond donors (Lipinski definition) is 0. The third-order valence-corrected chi connectivity index (χ3v) is 23.4. The van der Waals surface area contributed by atoms with E-state index in [1.807, 2.05) is 18.2 Å². The third-order valence-electron chi connectivity index (χ3n) is 23.4. The second-order valence-electron chi connectivity index (χ2n) is 29.9. The Balaban J connectivity index is 0.000000135. The highest BCUT2D eigenvalue weighted by Gasteiger charge is 2.23. The molecule has 6 nitrogen and oxygen atoms in total. The molecule has 0 atom stereocenters. The summed E-state index contributed by atoms with van der Waals surface area (Å²) in [7, 11) is 0. The van der Waals surface area contributed by atoms with Crippen molar-refractivity contribution in [2.24, 2.45) is 0 Å². The van der Waals surface area contributed by atoms with E-state index >= 15 is 0 Å². The molecule has 0 N–H and O–H groups in total.